The summed E-state index contributed by atoms with van der Waals surface area (Å²) in [5, 5.41) is 3.63. The second kappa shape index (κ2) is 6.35. The van der Waals surface area contributed by atoms with Crippen LogP contribution in [-0.4, -0.2) is 37.1 Å². The third-order valence-electron chi connectivity index (χ3n) is 3.98. The number of benzene rings is 1. The molecule has 1 rings (SSSR count). The lowest BCUT2D eigenvalue weighted by atomic mass is 9.87. The summed E-state index contributed by atoms with van der Waals surface area (Å²) < 4.78 is 0. The molecule has 2 nitrogen and oxygen atoms in total. The van der Waals surface area contributed by atoms with Crippen molar-refractivity contribution in [2.24, 2.45) is 0 Å². The van der Waals surface area contributed by atoms with Gasteiger partial charge in [-0.25, -0.2) is 0 Å². The van der Waals surface area contributed by atoms with E-state index < -0.39 is 0 Å². The molecule has 0 aliphatic heterocycles. The highest BCUT2D eigenvalue weighted by Crippen LogP contribution is 2.20. The predicted octanol–water partition coefficient (Wildman–Crippen LogP) is 2.86. The zero-order valence-electron chi connectivity index (χ0n) is 12.7. The molecule has 102 valence electrons. The molecular weight excluding hydrogens is 220 g/mol. The van der Waals surface area contributed by atoms with Crippen molar-refractivity contribution in [3.8, 4) is 0 Å². The van der Waals surface area contributed by atoms with Gasteiger partial charge in [0.1, 0.15) is 0 Å². The van der Waals surface area contributed by atoms with E-state index in [2.05, 4.69) is 76.3 Å². The van der Waals surface area contributed by atoms with Gasteiger partial charge in [0, 0.05) is 11.6 Å². The van der Waals surface area contributed by atoms with Crippen LogP contribution in [-0.2, 0) is 6.42 Å². The van der Waals surface area contributed by atoms with Crippen molar-refractivity contribution in [2.45, 2.75) is 45.7 Å². The van der Waals surface area contributed by atoms with E-state index in [0.29, 0.717) is 6.04 Å². The fourth-order valence-corrected chi connectivity index (χ4v) is 2.20. The van der Waals surface area contributed by atoms with Crippen molar-refractivity contribution in [1.82, 2.24) is 10.2 Å². The summed E-state index contributed by atoms with van der Waals surface area (Å²) in [4.78, 5) is 2.30. The van der Waals surface area contributed by atoms with E-state index >= 15 is 0 Å². The standard InChI is InChI=1S/C16H28N2/c1-7-17-15(16(3,4)18(5)6)12-14-10-8-9-13(2)11-14/h8-11,15,17H,7,12H2,1-6H3. The lowest BCUT2D eigenvalue weighted by Gasteiger charge is -2.41. The molecule has 1 aromatic carbocycles. The van der Waals surface area contributed by atoms with Gasteiger partial charge in [-0.3, -0.25) is 0 Å². The Morgan fingerprint density at radius 3 is 2.44 bits per heavy atom. The molecule has 1 aromatic rings. The van der Waals surface area contributed by atoms with E-state index in [9.17, 15) is 0 Å². The number of nitrogens with one attached hydrogen (secondary N) is 1. The molecule has 1 N–H and O–H groups in total. The molecule has 1 atom stereocenters. The van der Waals surface area contributed by atoms with Crippen LogP contribution in [0.4, 0.5) is 0 Å². The third-order valence-corrected chi connectivity index (χ3v) is 3.98. The van der Waals surface area contributed by atoms with Crippen molar-refractivity contribution in [1.29, 1.82) is 0 Å². The molecule has 0 radical (unpaired) electrons. The molecule has 18 heavy (non-hydrogen) atoms. The zero-order chi connectivity index (χ0) is 13.8. The molecule has 0 spiro atoms. The van der Waals surface area contributed by atoms with Gasteiger partial charge in [-0.15, -0.1) is 0 Å². The summed E-state index contributed by atoms with van der Waals surface area (Å²) >= 11 is 0. The highest BCUT2D eigenvalue weighted by atomic mass is 15.2. The number of aryl methyl sites for hydroxylation is 1. The van der Waals surface area contributed by atoms with Crippen LogP contribution in [0.15, 0.2) is 24.3 Å². The first-order chi connectivity index (χ1) is 8.37. The first-order valence-corrected chi connectivity index (χ1v) is 6.84. The van der Waals surface area contributed by atoms with Crippen LogP contribution in [0.25, 0.3) is 0 Å². The average molecular weight is 248 g/mol. The van der Waals surface area contributed by atoms with Gasteiger partial charge in [-0.1, -0.05) is 36.8 Å². The first kappa shape index (κ1) is 15.2. The van der Waals surface area contributed by atoms with Crippen LogP contribution in [0, 0.1) is 6.92 Å². The van der Waals surface area contributed by atoms with Gasteiger partial charge in [0.15, 0.2) is 0 Å². The van der Waals surface area contributed by atoms with Crippen molar-refractivity contribution >= 4 is 0 Å². The van der Waals surface area contributed by atoms with Gasteiger partial charge < -0.3 is 10.2 Å². The quantitative estimate of drug-likeness (QED) is 0.833. The molecular formula is C16H28N2. The Bertz CT molecular complexity index is 369. The number of likely N-dealkylation sites (N-methyl/N-ethyl adjacent to an activating group) is 2. The highest BCUT2D eigenvalue weighted by Gasteiger charge is 2.30. The van der Waals surface area contributed by atoms with Gasteiger partial charge in [0.2, 0.25) is 0 Å². The smallest absolute Gasteiger partial charge is 0.0303 e. The summed E-state index contributed by atoms with van der Waals surface area (Å²) in [5.74, 6) is 0. The molecule has 2 heteroatoms. The van der Waals surface area contributed by atoms with Crippen molar-refractivity contribution in [2.75, 3.05) is 20.6 Å². The minimum atomic E-state index is 0.139. The molecule has 0 aliphatic carbocycles. The summed E-state index contributed by atoms with van der Waals surface area (Å²) in [6.45, 7) is 9.94. The normalized spacial score (nSPS) is 13.9. The SMILES string of the molecule is CCNC(Cc1cccc(C)c1)C(C)(C)N(C)C. The van der Waals surface area contributed by atoms with E-state index in [4.69, 9.17) is 0 Å². The van der Waals surface area contributed by atoms with Crippen LogP contribution in [0.2, 0.25) is 0 Å². The molecule has 1 unspecified atom stereocenters. The fraction of sp³-hybridized carbons (Fsp3) is 0.625. The van der Waals surface area contributed by atoms with Crippen molar-refractivity contribution < 1.29 is 0 Å². The van der Waals surface area contributed by atoms with Crippen molar-refractivity contribution in [3.05, 3.63) is 35.4 Å². The fourth-order valence-electron chi connectivity index (χ4n) is 2.20. The van der Waals surface area contributed by atoms with Gasteiger partial charge in [0.05, 0.1) is 0 Å². The highest BCUT2D eigenvalue weighted by molar-refractivity contribution is 5.23. The minimum Gasteiger partial charge on any atom is -0.312 e. The van der Waals surface area contributed by atoms with E-state index in [1.54, 1.807) is 0 Å². The monoisotopic (exact) mass is 248 g/mol. The predicted molar refractivity (Wildman–Crippen MR) is 80.1 cm³/mol. The number of nitrogens with zero attached hydrogens (tertiary/aromatic N) is 1. The Labute approximate surface area is 112 Å². The lowest BCUT2D eigenvalue weighted by molar-refractivity contribution is 0.138. The maximum atomic E-state index is 3.63. The summed E-state index contributed by atoms with van der Waals surface area (Å²) in [7, 11) is 4.31. The Balaban J connectivity index is 2.87. The third kappa shape index (κ3) is 3.82. The van der Waals surface area contributed by atoms with E-state index in [-0.39, 0.29) is 5.54 Å². The topological polar surface area (TPSA) is 15.3 Å². The van der Waals surface area contributed by atoms with Gasteiger partial charge in [0.25, 0.3) is 0 Å². The molecule has 0 fully saturated rings. The van der Waals surface area contributed by atoms with Crippen LogP contribution in [0.3, 0.4) is 0 Å². The second-order valence-electron chi connectivity index (χ2n) is 5.85. The Kier molecular flexibility index (Phi) is 5.36. The maximum Gasteiger partial charge on any atom is 0.0303 e. The Morgan fingerprint density at radius 2 is 1.94 bits per heavy atom. The Hall–Kier alpha value is -0.860. The van der Waals surface area contributed by atoms with E-state index in [0.717, 1.165) is 13.0 Å². The Morgan fingerprint density at radius 1 is 1.28 bits per heavy atom. The second-order valence-corrected chi connectivity index (χ2v) is 5.85. The van der Waals surface area contributed by atoms with E-state index in [1.165, 1.54) is 11.1 Å². The average Bonchev–Trinajstić information content (AvgIpc) is 2.28. The maximum absolute atomic E-state index is 3.63. The summed E-state index contributed by atoms with van der Waals surface area (Å²) in [6.07, 6.45) is 1.07. The van der Waals surface area contributed by atoms with Gasteiger partial charge >= 0.3 is 0 Å². The van der Waals surface area contributed by atoms with Gasteiger partial charge in [-0.2, -0.15) is 0 Å². The van der Waals surface area contributed by atoms with Gasteiger partial charge in [-0.05, 0) is 53.4 Å². The number of rotatable bonds is 6. The first-order valence-electron chi connectivity index (χ1n) is 6.84. The largest absolute Gasteiger partial charge is 0.312 e. The molecule has 0 aromatic heterocycles. The molecule has 0 saturated carbocycles. The minimum absolute atomic E-state index is 0.139. The summed E-state index contributed by atoms with van der Waals surface area (Å²) in [5.41, 5.74) is 2.89. The lowest BCUT2D eigenvalue weighted by Crippen LogP contribution is -2.56. The van der Waals surface area contributed by atoms with Crippen molar-refractivity contribution in [3.63, 3.8) is 0 Å². The van der Waals surface area contributed by atoms with Crippen LogP contribution in [0.1, 0.15) is 31.9 Å². The van der Waals surface area contributed by atoms with Crippen LogP contribution >= 0.6 is 0 Å². The molecule has 0 amide bonds. The van der Waals surface area contributed by atoms with Crippen LogP contribution in [0.5, 0.6) is 0 Å². The molecule has 0 saturated heterocycles. The zero-order valence-corrected chi connectivity index (χ0v) is 12.7. The number of hydrogen-bond acceptors (Lipinski definition) is 2. The number of hydrogen-bond donors (Lipinski definition) is 1. The molecule has 0 bridgehead atoms. The van der Waals surface area contributed by atoms with E-state index in [1.807, 2.05) is 0 Å². The molecule has 0 aliphatic rings. The van der Waals surface area contributed by atoms with Crippen LogP contribution < -0.4 is 5.32 Å². The summed E-state index contributed by atoms with van der Waals surface area (Å²) in [6, 6.07) is 9.28. The molecule has 0 heterocycles.